The summed E-state index contributed by atoms with van der Waals surface area (Å²) in [6, 6.07) is 3.54. The average Bonchev–Trinajstić information content (AvgIpc) is 2.62. The first-order valence-electron chi connectivity index (χ1n) is 4.86. The summed E-state index contributed by atoms with van der Waals surface area (Å²) in [4.78, 5) is 11.2. The zero-order valence-electron chi connectivity index (χ0n) is 9.32. The monoisotopic (exact) mass is 208 g/mol. The van der Waals surface area contributed by atoms with E-state index >= 15 is 0 Å². The fourth-order valence-electron chi connectivity index (χ4n) is 0.872. The van der Waals surface area contributed by atoms with Crippen LogP contribution in [0.5, 0.6) is 0 Å². The van der Waals surface area contributed by atoms with E-state index in [0.717, 1.165) is 0 Å². The molecule has 0 aliphatic heterocycles. The van der Waals surface area contributed by atoms with Crippen molar-refractivity contribution in [3.8, 4) is 0 Å². The van der Waals surface area contributed by atoms with Gasteiger partial charge in [0.1, 0.15) is 5.76 Å². The molecular weight excluding hydrogens is 192 g/mol. The van der Waals surface area contributed by atoms with E-state index in [1.165, 1.54) is 6.08 Å². The van der Waals surface area contributed by atoms with E-state index in [1.54, 1.807) is 24.5 Å². The molecule has 1 aromatic heterocycles. The van der Waals surface area contributed by atoms with Crippen LogP contribution in [0.4, 0.5) is 0 Å². The molecule has 0 aromatic carbocycles. The van der Waals surface area contributed by atoms with Crippen LogP contribution in [0.1, 0.15) is 26.5 Å². The van der Waals surface area contributed by atoms with Crippen LogP contribution >= 0.6 is 0 Å². The number of hydrogen-bond donors (Lipinski definition) is 0. The molecule has 0 saturated heterocycles. The van der Waals surface area contributed by atoms with Crippen LogP contribution in [-0.2, 0) is 9.53 Å². The molecule has 3 nitrogen and oxygen atoms in total. The molecule has 0 aliphatic carbocycles. The zero-order valence-corrected chi connectivity index (χ0v) is 9.32. The van der Waals surface area contributed by atoms with Crippen molar-refractivity contribution >= 4 is 12.0 Å². The molecule has 0 fully saturated rings. The Hall–Kier alpha value is -1.51. The van der Waals surface area contributed by atoms with Gasteiger partial charge in [-0.2, -0.15) is 0 Å². The summed E-state index contributed by atoms with van der Waals surface area (Å²) in [7, 11) is 0. The van der Waals surface area contributed by atoms with Crippen LogP contribution < -0.4 is 0 Å². The molecule has 3 heteroatoms. The van der Waals surface area contributed by atoms with Crippen LogP contribution in [0.25, 0.3) is 6.08 Å². The molecule has 82 valence electrons. The first-order chi connectivity index (χ1) is 6.97. The van der Waals surface area contributed by atoms with Gasteiger partial charge in [-0.1, -0.05) is 20.8 Å². The Morgan fingerprint density at radius 2 is 2.27 bits per heavy atom. The lowest BCUT2D eigenvalue weighted by molar-refractivity contribution is -0.140. The first kappa shape index (κ1) is 11.6. The van der Waals surface area contributed by atoms with Gasteiger partial charge in [-0.3, -0.25) is 0 Å². The van der Waals surface area contributed by atoms with E-state index < -0.39 is 0 Å². The van der Waals surface area contributed by atoms with E-state index in [0.29, 0.717) is 12.4 Å². The van der Waals surface area contributed by atoms with Gasteiger partial charge in [0.25, 0.3) is 0 Å². The predicted molar refractivity (Wildman–Crippen MR) is 58.2 cm³/mol. The Morgan fingerprint density at radius 3 is 2.80 bits per heavy atom. The van der Waals surface area contributed by atoms with Crippen LogP contribution in [-0.4, -0.2) is 12.6 Å². The van der Waals surface area contributed by atoms with E-state index in [2.05, 4.69) is 0 Å². The topological polar surface area (TPSA) is 39.4 Å². The maximum Gasteiger partial charge on any atom is 0.330 e. The number of carbonyl (C=O) groups excluding carboxylic acids is 1. The third-order valence-electron chi connectivity index (χ3n) is 1.57. The molecule has 0 radical (unpaired) electrons. The van der Waals surface area contributed by atoms with Crippen LogP contribution in [0.2, 0.25) is 0 Å². The number of rotatable bonds is 3. The number of esters is 1. The molecule has 1 rings (SSSR count). The minimum Gasteiger partial charge on any atom is -0.465 e. The van der Waals surface area contributed by atoms with Crippen LogP contribution in [0.15, 0.2) is 28.9 Å². The number of carbonyl (C=O) groups is 1. The highest BCUT2D eigenvalue weighted by Crippen LogP contribution is 2.13. The average molecular weight is 208 g/mol. The minimum atomic E-state index is -0.346. The molecule has 0 unspecified atom stereocenters. The normalized spacial score (nSPS) is 11.9. The Kier molecular flexibility index (Phi) is 3.72. The smallest absolute Gasteiger partial charge is 0.330 e. The summed E-state index contributed by atoms with van der Waals surface area (Å²) in [5.41, 5.74) is -0.00577. The lowest BCUT2D eigenvalue weighted by atomic mass is 9.99. The van der Waals surface area contributed by atoms with Gasteiger partial charge in [-0.15, -0.1) is 0 Å². The van der Waals surface area contributed by atoms with Crippen molar-refractivity contribution in [1.82, 2.24) is 0 Å². The molecule has 0 saturated carbocycles. The summed E-state index contributed by atoms with van der Waals surface area (Å²) in [6.45, 7) is 6.44. The highest BCUT2D eigenvalue weighted by atomic mass is 16.5. The molecule has 1 heterocycles. The van der Waals surface area contributed by atoms with Gasteiger partial charge in [0.15, 0.2) is 0 Å². The second kappa shape index (κ2) is 4.82. The first-order valence-corrected chi connectivity index (χ1v) is 4.86. The number of ether oxygens (including phenoxy) is 1. The minimum absolute atomic E-state index is 0.00577. The van der Waals surface area contributed by atoms with Crippen molar-refractivity contribution in [3.63, 3.8) is 0 Å². The van der Waals surface area contributed by atoms with Gasteiger partial charge in [0.05, 0.1) is 12.9 Å². The second-order valence-corrected chi connectivity index (χ2v) is 4.52. The summed E-state index contributed by atoms with van der Waals surface area (Å²) in [5, 5.41) is 0. The third-order valence-corrected chi connectivity index (χ3v) is 1.57. The Bertz CT molecular complexity index is 328. The zero-order chi connectivity index (χ0) is 11.3. The standard InChI is InChI=1S/C12H16O3/c1-12(2,3)9-15-11(13)7-6-10-5-4-8-14-10/h4-8H,9H2,1-3H3. The van der Waals surface area contributed by atoms with Crippen molar-refractivity contribution in [2.45, 2.75) is 20.8 Å². The van der Waals surface area contributed by atoms with Crippen LogP contribution in [0.3, 0.4) is 0 Å². The maximum absolute atomic E-state index is 11.2. The van der Waals surface area contributed by atoms with Crippen molar-refractivity contribution < 1.29 is 13.9 Å². The van der Waals surface area contributed by atoms with Crippen molar-refractivity contribution in [3.05, 3.63) is 30.2 Å². The molecule has 0 N–H and O–H groups in total. The summed E-state index contributed by atoms with van der Waals surface area (Å²) in [6.07, 6.45) is 4.51. The summed E-state index contributed by atoms with van der Waals surface area (Å²) in [5.74, 6) is 0.295. The van der Waals surface area contributed by atoms with Gasteiger partial charge in [-0.25, -0.2) is 4.79 Å². The van der Waals surface area contributed by atoms with Crippen molar-refractivity contribution in [1.29, 1.82) is 0 Å². The highest BCUT2D eigenvalue weighted by molar-refractivity contribution is 5.86. The quantitative estimate of drug-likeness (QED) is 0.566. The third kappa shape index (κ3) is 5.05. The van der Waals surface area contributed by atoms with Crippen LogP contribution in [0, 0.1) is 5.41 Å². The fourth-order valence-corrected chi connectivity index (χ4v) is 0.872. The molecule has 0 bridgehead atoms. The van der Waals surface area contributed by atoms with Gasteiger partial charge >= 0.3 is 5.97 Å². The second-order valence-electron chi connectivity index (χ2n) is 4.52. The SMILES string of the molecule is CC(C)(C)COC(=O)C=Cc1ccco1. The van der Waals surface area contributed by atoms with E-state index in [9.17, 15) is 4.79 Å². The lowest BCUT2D eigenvalue weighted by Gasteiger charge is -2.16. The van der Waals surface area contributed by atoms with E-state index in [-0.39, 0.29) is 11.4 Å². The number of hydrogen-bond acceptors (Lipinski definition) is 3. The lowest BCUT2D eigenvalue weighted by Crippen LogP contribution is -2.17. The molecule has 15 heavy (non-hydrogen) atoms. The van der Waals surface area contributed by atoms with Crippen molar-refractivity contribution in [2.24, 2.45) is 5.41 Å². The summed E-state index contributed by atoms with van der Waals surface area (Å²) >= 11 is 0. The number of furan rings is 1. The predicted octanol–water partition coefficient (Wildman–Crippen LogP) is 2.88. The molecule has 0 amide bonds. The van der Waals surface area contributed by atoms with E-state index in [4.69, 9.17) is 9.15 Å². The van der Waals surface area contributed by atoms with Gasteiger partial charge < -0.3 is 9.15 Å². The Balaban J connectivity index is 2.37. The van der Waals surface area contributed by atoms with Crippen molar-refractivity contribution in [2.75, 3.05) is 6.61 Å². The molecule has 0 atom stereocenters. The fraction of sp³-hybridized carbons (Fsp3) is 0.417. The van der Waals surface area contributed by atoms with Gasteiger partial charge in [0.2, 0.25) is 0 Å². The summed E-state index contributed by atoms with van der Waals surface area (Å²) < 4.78 is 10.1. The highest BCUT2D eigenvalue weighted by Gasteiger charge is 2.12. The largest absolute Gasteiger partial charge is 0.465 e. The molecule has 1 aromatic rings. The molecule has 0 aliphatic rings. The maximum atomic E-state index is 11.2. The van der Waals surface area contributed by atoms with E-state index in [1.807, 2.05) is 20.8 Å². The van der Waals surface area contributed by atoms with Gasteiger partial charge in [0, 0.05) is 6.08 Å². The van der Waals surface area contributed by atoms with Gasteiger partial charge in [-0.05, 0) is 23.6 Å². The molecule has 0 spiro atoms. The Morgan fingerprint density at radius 1 is 1.53 bits per heavy atom. The molecular formula is C12H16O3. The Labute approximate surface area is 89.7 Å².